The SMILES string of the molecule is O[C@@]1(c2ccccc2)C/C(=N/Nc2ncnc3sc4c(c23)CCCC4)C=C1c1ccccc1. The molecule has 4 aromatic rings. The molecule has 0 bridgehead atoms. The quantitative estimate of drug-likeness (QED) is 0.389. The molecular formula is C27H24N4OS. The van der Waals surface area contributed by atoms with Crippen LogP contribution in [0.2, 0.25) is 0 Å². The normalized spacial score (nSPS) is 21.2. The van der Waals surface area contributed by atoms with Gasteiger partial charge in [-0.3, -0.25) is 5.43 Å². The third-order valence-corrected chi connectivity index (χ3v) is 7.79. The van der Waals surface area contributed by atoms with Gasteiger partial charge in [-0.15, -0.1) is 11.3 Å². The van der Waals surface area contributed by atoms with Crippen LogP contribution >= 0.6 is 11.3 Å². The molecule has 0 fully saturated rings. The van der Waals surface area contributed by atoms with Crippen molar-refractivity contribution in [1.29, 1.82) is 0 Å². The Labute approximate surface area is 196 Å². The Morgan fingerprint density at radius 1 is 0.939 bits per heavy atom. The van der Waals surface area contributed by atoms with E-state index in [4.69, 9.17) is 5.10 Å². The number of hydrogen-bond acceptors (Lipinski definition) is 6. The van der Waals surface area contributed by atoms with Gasteiger partial charge in [-0.05, 0) is 54.0 Å². The van der Waals surface area contributed by atoms with Crippen molar-refractivity contribution < 1.29 is 5.11 Å². The average molecular weight is 453 g/mol. The maximum absolute atomic E-state index is 11.8. The number of aliphatic hydroxyl groups is 1. The summed E-state index contributed by atoms with van der Waals surface area (Å²) in [4.78, 5) is 11.5. The highest BCUT2D eigenvalue weighted by molar-refractivity contribution is 7.19. The number of rotatable bonds is 4. The molecule has 0 saturated carbocycles. The number of fused-ring (bicyclic) bond motifs is 3. The smallest absolute Gasteiger partial charge is 0.158 e. The number of anilines is 1. The molecule has 0 radical (unpaired) electrons. The second kappa shape index (κ2) is 8.21. The Hall–Kier alpha value is -3.35. The monoisotopic (exact) mass is 452 g/mol. The Bertz CT molecular complexity index is 1380. The highest BCUT2D eigenvalue weighted by Crippen LogP contribution is 2.44. The van der Waals surface area contributed by atoms with Crippen molar-refractivity contribution >= 4 is 38.7 Å². The van der Waals surface area contributed by atoms with E-state index in [1.165, 1.54) is 23.3 Å². The van der Waals surface area contributed by atoms with E-state index in [2.05, 4.69) is 15.4 Å². The molecule has 0 amide bonds. The van der Waals surface area contributed by atoms with E-state index in [1.54, 1.807) is 17.7 Å². The van der Waals surface area contributed by atoms with Crippen molar-refractivity contribution in [3.63, 3.8) is 0 Å². The summed E-state index contributed by atoms with van der Waals surface area (Å²) in [6.07, 6.45) is 8.63. The fourth-order valence-corrected chi connectivity index (χ4v) is 6.21. The first-order valence-corrected chi connectivity index (χ1v) is 12.2. The van der Waals surface area contributed by atoms with Crippen LogP contribution in [0.1, 0.15) is 40.8 Å². The molecule has 2 heterocycles. The van der Waals surface area contributed by atoms with E-state index in [9.17, 15) is 5.11 Å². The van der Waals surface area contributed by atoms with Gasteiger partial charge in [-0.2, -0.15) is 5.10 Å². The Morgan fingerprint density at radius 2 is 1.70 bits per heavy atom. The molecule has 0 aliphatic heterocycles. The molecule has 2 N–H and O–H groups in total. The average Bonchev–Trinajstić information content (AvgIpc) is 3.42. The zero-order valence-electron chi connectivity index (χ0n) is 18.2. The van der Waals surface area contributed by atoms with Crippen LogP contribution in [-0.2, 0) is 18.4 Å². The number of thiophene rings is 1. The molecule has 0 spiro atoms. The van der Waals surface area contributed by atoms with Crippen molar-refractivity contribution in [2.45, 2.75) is 37.7 Å². The molecule has 2 aliphatic rings. The van der Waals surface area contributed by atoms with Crippen LogP contribution in [0.3, 0.4) is 0 Å². The number of hydrazone groups is 1. The molecule has 6 heteroatoms. The van der Waals surface area contributed by atoms with Crippen LogP contribution in [0, 0.1) is 0 Å². The zero-order valence-corrected chi connectivity index (χ0v) is 19.0. The van der Waals surface area contributed by atoms with Gasteiger partial charge in [0.05, 0.1) is 11.1 Å². The lowest BCUT2D eigenvalue weighted by Crippen LogP contribution is -2.25. The van der Waals surface area contributed by atoms with E-state index in [0.29, 0.717) is 6.42 Å². The molecule has 2 aromatic heterocycles. The van der Waals surface area contributed by atoms with E-state index in [0.717, 1.165) is 51.3 Å². The molecule has 5 nitrogen and oxygen atoms in total. The third kappa shape index (κ3) is 3.56. The molecule has 0 saturated heterocycles. The van der Waals surface area contributed by atoms with Gasteiger partial charge in [0.15, 0.2) is 5.82 Å². The summed E-state index contributed by atoms with van der Waals surface area (Å²) in [6.45, 7) is 0. The highest BCUT2D eigenvalue weighted by Gasteiger charge is 2.40. The van der Waals surface area contributed by atoms with Gasteiger partial charge >= 0.3 is 0 Å². The first-order valence-electron chi connectivity index (χ1n) is 11.4. The highest BCUT2D eigenvalue weighted by atomic mass is 32.1. The van der Waals surface area contributed by atoms with Crippen LogP contribution in [0.4, 0.5) is 5.82 Å². The van der Waals surface area contributed by atoms with Gasteiger partial charge in [0.25, 0.3) is 0 Å². The first-order chi connectivity index (χ1) is 16.2. The van der Waals surface area contributed by atoms with Crippen molar-refractivity contribution in [3.8, 4) is 0 Å². The van der Waals surface area contributed by atoms with Gasteiger partial charge in [0.2, 0.25) is 0 Å². The van der Waals surface area contributed by atoms with E-state index >= 15 is 0 Å². The number of nitrogens with zero attached hydrogens (tertiary/aromatic N) is 3. The minimum absolute atomic E-state index is 0.393. The lowest BCUT2D eigenvalue weighted by Gasteiger charge is -2.27. The molecule has 164 valence electrons. The maximum atomic E-state index is 11.8. The van der Waals surface area contributed by atoms with Crippen molar-refractivity contribution in [2.75, 3.05) is 5.43 Å². The largest absolute Gasteiger partial charge is 0.380 e. The summed E-state index contributed by atoms with van der Waals surface area (Å²) in [7, 11) is 0. The predicted octanol–water partition coefficient (Wildman–Crippen LogP) is 5.71. The molecule has 2 aromatic carbocycles. The fourth-order valence-electron chi connectivity index (χ4n) is 4.98. The lowest BCUT2D eigenvalue weighted by molar-refractivity contribution is 0.113. The summed E-state index contributed by atoms with van der Waals surface area (Å²) in [5.41, 5.74) is 6.95. The molecule has 6 rings (SSSR count). The Balaban J connectivity index is 1.39. The van der Waals surface area contributed by atoms with Crippen LogP contribution in [0.15, 0.2) is 78.2 Å². The number of allylic oxidation sites excluding steroid dienone is 1. The number of aromatic nitrogens is 2. The first kappa shape index (κ1) is 20.3. The van der Waals surface area contributed by atoms with Crippen LogP contribution in [0.5, 0.6) is 0 Å². The number of aryl methyl sites for hydroxylation is 2. The second-order valence-corrected chi connectivity index (χ2v) is 9.74. The zero-order chi connectivity index (χ0) is 22.3. The summed E-state index contributed by atoms with van der Waals surface area (Å²) in [5.74, 6) is 0.747. The minimum Gasteiger partial charge on any atom is -0.380 e. The number of benzene rings is 2. The van der Waals surface area contributed by atoms with Crippen molar-refractivity contribution in [3.05, 3.63) is 94.6 Å². The van der Waals surface area contributed by atoms with Gasteiger partial charge in [-0.1, -0.05) is 60.7 Å². The summed E-state index contributed by atoms with van der Waals surface area (Å²) in [6, 6.07) is 19.9. The summed E-state index contributed by atoms with van der Waals surface area (Å²) in [5, 5.41) is 17.7. The van der Waals surface area contributed by atoms with Crippen LogP contribution < -0.4 is 5.43 Å². The number of nitrogens with one attached hydrogen (secondary N) is 1. The molecule has 2 aliphatic carbocycles. The van der Waals surface area contributed by atoms with Gasteiger partial charge in [-0.25, -0.2) is 9.97 Å². The fraction of sp³-hybridized carbons (Fsp3) is 0.222. The van der Waals surface area contributed by atoms with Gasteiger partial charge in [0.1, 0.15) is 16.8 Å². The van der Waals surface area contributed by atoms with Crippen LogP contribution in [0.25, 0.3) is 15.8 Å². The van der Waals surface area contributed by atoms with E-state index in [-0.39, 0.29) is 0 Å². The standard InChI is InChI=1S/C27H24N4OS/c32-27(19-11-5-2-6-12-19)16-20(15-22(27)18-9-3-1-4-10-18)30-31-25-24-21-13-7-8-14-23(21)33-26(24)29-17-28-25/h1-6,9-12,15,17,32H,7-8,13-14,16H2,(H,28,29,31)/b30-20+/t27-/m1/s1. The molecule has 33 heavy (non-hydrogen) atoms. The van der Waals surface area contributed by atoms with Gasteiger partial charge < -0.3 is 5.11 Å². The van der Waals surface area contributed by atoms with Crippen LogP contribution in [-0.4, -0.2) is 20.8 Å². The maximum Gasteiger partial charge on any atom is 0.158 e. The van der Waals surface area contributed by atoms with E-state index in [1.807, 2.05) is 66.7 Å². The lowest BCUT2D eigenvalue weighted by atomic mass is 9.84. The van der Waals surface area contributed by atoms with Crippen molar-refractivity contribution in [1.82, 2.24) is 9.97 Å². The summed E-state index contributed by atoms with van der Waals surface area (Å²) < 4.78 is 0. The topological polar surface area (TPSA) is 70.4 Å². The third-order valence-electron chi connectivity index (χ3n) is 6.59. The summed E-state index contributed by atoms with van der Waals surface area (Å²) >= 11 is 1.78. The van der Waals surface area contributed by atoms with Crippen molar-refractivity contribution in [2.24, 2.45) is 5.10 Å². The Morgan fingerprint density at radius 3 is 2.52 bits per heavy atom. The molecular weight excluding hydrogens is 428 g/mol. The molecule has 0 unspecified atom stereocenters. The number of hydrogen-bond donors (Lipinski definition) is 2. The molecule has 1 atom stereocenters. The predicted molar refractivity (Wildman–Crippen MR) is 134 cm³/mol. The second-order valence-electron chi connectivity index (χ2n) is 8.66. The van der Waals surface area contributed by atoms with Gasteiger partial charge in [0, 0.05) is 11.3 Å². The minimum atomic E-state index is -1.13. The van der Waals surface area contributed by atoms with E-state index < -0.39 is 5.60 Å². The Kier molecular flexibility index (Phi) is 5.04.